The van der Waals surface area contributed by atoms with Crippen molar-refractivity contribution in [1.29, 1.82) is 0 Å². The summed E-state index contributed by atoms with van der Waals surface area (Å²) < 4.78 is 42.1. The summed E-state index contributed by atoms with van der Waals surface area (Å²) in [5, 5.41) is 14.8. The van der Waals surface area contributed by atoms with E-state index in [0.717, 1.165) is 5.56 Å². The van der Waals surface area contributed by atoms with E-state index in [9.17, 15) is 13.2 Å². The van der Waals surface area contributed by atoms with Crippen LogP contribution in [0.15, 0.2) is 54.9 Å². The fraction of sp³-hybridized carbons (Fsp3) is 0.211. The van der Waals surface area contributed by atoms with Gasteiger partial charge in [-0.2, -0.15) is 4.98 Å². The van der Waals surface area contributed by atoms with Gasteiger partial charge in [0.15, 0.2) is 5.75 Å². The van der Waals surface area contributed by atoms with Crippen LogP contribution in [-0.2, 0) is 0 Å². The Morgan fingerprint density at radius 2 is 1.79 bits per heavy atom. The Hall–Kier alpha value is -3.40. The number of nitrogens with zero attached hydrogens (tertiary/aromatic N) is 3. The third-order valence-corrected chi connectivity index (χ3v) is 3.70. The Labute approximate surface area is 164 Å². The quantitative estimate of drug-likeness (QED) is 0.488. The van der Waals surface area contributed by atoms with Gasteiger partial charge in [-0.05, 0) is 30.7 Å². The Morgan fingerprint density at radius 3 is 2.52 bits per heavy atom. The first kappa shape index (κ1) is 20.3. The second kappa shape index (κ2) is 9.20. The molecule has 7 nitrogen and oxygen atoms in total. The van der Waals surface area contributed by atoms with E-state index in [1.54, 1.807) is 36.7 Å². The lowest BCUT2D eigenvalue weighted by Crippen LogP contribution is -2.18. The van der Waals surface area contributed by atoms with Crippen LogP contribution in [0.4, 0.5) is 30.6 Å². The number of aromatic nitrogens is 3. The molecule has 0 spiro atoms. The topological polar surface area (TPSA) is 92.2 Å². The lowest BCUT2D eigenvalue weighted by molar-refractivity contribution is -0.274. The molecular formula is C19H18F3N5O2. The van der Waals surface area contributed by atoms with Crippen LogP contribution in [0.3, 0.4) is 0 Å². The minimum atomic E-state index is -4.82. The molecule has 0 aliphatic heterocycles. The van der Waals surface area contributed by atoms with E-state index in [1.807, 2.05) is 0 Å². The Balaban J connectivity index is 1.93. The van der Waals surface area contributed by atoms with Crippen molar-refractivity contribution >= 4 is 17.5 Å². The molecule has 0 saturated heterocycles. The molecule has 29 heavy (non-hydrogen) atoms. The van der Waals surface area contributed by atoms with E-state index < -0.39 is 6.36 Å². The van der Waals surface area contributed by atoms with Crippen LogP contribution in [0, 0.1) is 0 Å². The third-order valence-electron chi connectivity index (χ3n) is 3.70. The molecule has 0 aliphatic carbocycles. The number of benzene rings is 1. The summed E-state index contributed by atoms with van der Waals surface area (Å²) in [6.07, 6.45) is -1.11. The van der Waals surface area contributed by atoms with E-state index in [1.165, 1.54) is 18.2 Å². The Morgan fingerprint density at radius 1 is 1.03 bits per heavy atom. The number of rotatable bonds is 8. The summed E-state index contributed by atoms with van der Waals surface area (Å²) in [4.78, 5) is 12.7. The zero-order chi connectivity index (χ0) is 20.7. The van der Waals surface area contributed by atoms with Crippen molar-refractivity contribution in [2.45, 2.75) is 12.8 Å². The van der Waals surface area contributed by atoms with Crippen LogP contribution in [-0.4, -0.2) is 39.6 Å². The smallest absolute Gasteiger partial charge is 0.404 e. The van der Waals surface area contributed by atoms with Gasteiger partial charge in [0.1, 0.15) is 5.82 Å². The highest BCUT2D eigenvalue weighted by Crippen LogP contribution is 2.32. The van der Waals surface area contributed by atoms with Gasteiger partial charge >= 0.3 is 6.36 Å². The average Bonchev–Trinajstić information content (AvgIpc) is 2.69. The molecule has 2 aromatic heterocycles. The molecule has 152 valence electrons. The van der Waals surface area contributed by atoms with Gasteiger partial charge in [0.05, 0.1) is 11.4 Å². The number of nitrogens with one attached hydrogen (secondary N) is 2. The lowest BCUT2D eigenvalue weighted by Gasteiger charge is -2.15. The number of hydrogen-bond donors (Lipinski definition) is 3. The number of ether oxygens (including phenoxy) is 1. The number of aliphatic hydroxyl groups excluding tert-OH is 1. The zero-order valence-electron chi connectivity index (χ0n) is 15.1. The van der Waals surface area contributed by atoms with Gasteiger partial charge in [-0.3, -0.25) is 4.98 Å². The summed E-state index contributed by atoms with van der Waals surface area (Å²) in [5.41, 5.74) is 1.41. The Bertz CT molecular complexity index is 939. The second-order valence-corrected chi connectivity index (χ2v) is 5.87. The van der Waals surface area contributed by atoms with E-state index in [4.69, 9.17) is 5.11 Å². The molecule has 0 radical (unpaired) electrons. The summed E-state index contributed by atoms with van der Waals surface area (Å²) in [5.74, 6) is 0.167. The van der Waals surface area contributed by atoms with Gasteiger partial charge in [0.2, 0.25) is 5.95 Å². The molecule has 1 aromatic carbocycles. The summed E-state index contributed by atoms with van der Waals surface area (Å²) in [7, 11) is 0. The average molecular weight is 405 g/mol. The first-order valence-electron chi connectivity index (χ1n) is 8.70. The molecule has 0 unspecified atom stereocenters. The van der Waals surface area contributed by atoms with Crippen molar-refractivity contribution in [1.82, 2.24) is 15.0 Å². The molecule has 3 aromatic rings. The molecule has 0 aliphatic rings. The SMILES string of the molecule is OCCCNc1nc(Nc2ccccc2OC(F)(F)F)cc(-c2ccncc2)n1. The van der Waals surface area contributed by atoms with Gasteiger partial charge in [0.25, 0.3) is 0 Å². The standard InChI is InChI=1S/C19H18F3N5O2/c20-19(21,22)29-16-5-2-1-4-14(16)25-17-12-15(13-6-9-23-10-7-13)26-18(27-17)24-8-3-11-28/h1-2,4-7,9-10,12,28H,3,8,11H2,(H2,24,25,26,27). The maximum absolute atomic E-state index is 12.7. The van der Waals surface area contributed by atoms with Crippen molar-refractivity contribution < 1.29 is 23.0 Å². The van der Waals surface area contributed by atoms with Crippen LogP contribution in [0.2, 0.25) is 0 Å². The first-order chi connectivity index (χ1) is 13.9. The van der Waals surface area contributed by atoms with E-state index >= 15 is 0 Å². The molecule has 0 atom stereocenters. The lowest BCUT2D eigenvalue weighted by atomic mass is 10.2. The highest BCUT2D eigenvalue weighted by Gasteiger charge is 2.32. The van der Waals surface area contributed by atoms with E-state index in [0.29, 0.717) is 18.7 Å². The summed E-state index contributed by atoms with van der Waals surface area (Å²) in [6, 6.07) is 10.8. The van der Waals surface area contributed by atoms with E-state index in [-0.39, 0.29) is 29.8 Å². The molecule has 0 bridgehead atoms. The van der Waals surface area contributed by atoms with Crippen LogP contribution < -0.4 is 15.4 Å². The van der Waals surface area contributed by atoms with Crippen molar-refractivity contribution in [3.63, 3.8) is 0 Å². The molecule has 0 amide bonds. The van der Waals surface area contributed by atoms with Crippen LogP contribution in [0.1, 0.15) is 6.42 Å². The van der Waals surface area contributed by atoms with Crippen molar-refractivity contribution in [3.05, 3.63) is 54.9 Å². The highest BCUT2D eigenvalue weighted by atomic mass is 19.4. The molecule has 10 heteroatoms. The molecular weight excluding hydrogens is 387 g/mol. The van der Waals surface area contributed by atoms with Crippen LogP contribution in [0.5, 0.6) is 5.75 Å². The summed E-state index contributed by atoms with van der Waals surface area (Å²) >= 11 is 0. The number of hydrogen-bond acceptors (Lipinski definition) is 7. The number of pyridine rings is 1. The highest BCUT2D eigenvalue weighted by molar-refractivity contribution is 5.69. The largest absolute Gasteiger partial charge is 0.573 e. The van der Waals surface area contributed by atoms with Crippen molar-refractivity contribution in [2.24, 2.45) is 0 Å². The second-order valence-electron chi connectivity index (χ2n) is 5.87. The molecule has 2 heterocycles. The number of alkyl halides is 3. The molecule has 3 rings (SSSR count). The summed E-state index contributed by atoms with van der Waals surface area (Å²) in [6.45, 7) is 0.438. The number of anilines is 3. The third kappa shape index (κ3) is 6.04. The first-order valence-corrected chi connectivity index (χ1v) is 8.70. The van der Waals surface area contributed by atoms with E-state index in [2.05, 4.69) is 30.3 Å². The fourth-order valence-corrected chi connectivity index (χ4v) is 2.46. The van der Waals surface area contributed by atoms with Gasteiger partial charge in [0, 0.05) is 37.2 Å². The van der Waals surface area contributed by atoms with Gasteiger partial charge in [-0.1, -0.05) is 12.1 Å². The van der Waals surface area contributed by atoms with Crippen LogP contribution in [0.25, 0.3) is 11.3 Å². The van der Waals surface area contributed by atoms with Gasteiger partial charge in [-0.15, -0.1) is 13.2 Å². The van der Waals surface area contributed by atoms with Crippen molar-refractivity contribution in [2.75, 3.05) is 23.8 Å². The maximum atomic E-state index is 12.7. The molecule has 0 saturated carbocycles. The molecule has 0 fully saturated rings. The zero-order valence-corrected chi connectivity index (χ0v) is 15.1. The number of aliphatic hydroxyl groups is 1. The fourth-order valence-electron chi connectivity index (χ4n) is 2.46. The minimum Gasteiger partial charge on any atom is -0.404 e. The van der Waals surface area contributed by atoms with Crippen molar-refractivity contribution in [3.8, 4) is 17.0 Å². The maximum Gasteiger partial charge on any atom is 0.573 e. The number of halogens is 3. The predicted octanol–water partition coefficient (Wildman–Crippen LogP) is 3.98. The van der Waals surface area contributed by atoms with Gasteiger partial charge in [-0.25, -0.2) is 4.98 Å². The van der Waals surface area contributed by atoms with Gasteiger partial charge < -0.3 is 20.5 Å². The monoisotopic (exact) mass is 405 g/mol. The minimum absolute atomic E-state index is 0.00427. The number of para-hydroxylation sites is 2. The van der Waals surface area contributed by atoms with Crippen LogP contribution >= 0.6 is 0 Å². The molecule has 3 N–H and O–H groups in total. The normalized spacial score (nSPS) is 11.2. The predicted molar refractivity (Wildman–Crippen MR) is 102 cm³/mol. The Kier molecular flexibility index (Phi) is 6.45.